The average Bonchev–Trinajstić information content (AvgIpc) is 3.05. The van der Waals surface area contributed by atoms with Crippen molar-refractivity contribution in [2.45, 2.75) is 57.9 Å². The number of hydrogen-bond acceptors (Lipinski definition) is 4. The molecule has 0 spiro atoms. The average molecular weight is 413 g/mol. The number of carbonyl (C=O) groups excluding carboxylic acids is 2. The Bertz CT molecular complexity index is 750. The molecule has 164 valence electrons. The molecule has 0 bridgehead atoms. The van der Waals surface area contributed by atoms with Gasteiger partial charge in [0.15, 0.2) is 0 Å². The Kier molecular flexibility index (Phi) is 7.05. The molecule has 1 unspecified atom stereocenters. The van der Waals surface area contributed by atoms with Gasteiger partial charge in [0, 0.05) is 45.0 Å². The number of hydrogen-bond donors (Lipinski definition) is 1. The molecule has 30 heavy (non-hydrogen) atoms. The van der Waals surface area contributed by atoms with Gasteiger partial charge in [0.1, 0.15) is 0 Å². The zero-order valence-electron chi connectivity index (χ0n) is 18.4. The maximum Gasteiger partial charge on any atom is 0.241 e. The van der Waals surface area contributed by atoms with Gasteiger partial charge >= 0.3 is 0 Å². The third kappa shape index (κ3) is 5.22. The summed E-state index contributed by atoms with van der Waals surface area (Å²) in [5.74, 6) is 0.329. The van der Waals surface area contributed by atoms with Gasteiger partial charge in [-0.05, 0) is 62.3 Å². The molecule has 1 aromatic rings. The number of anilines is 1. The van der Waals surface area contributed by atoms with Crippen LogP contribution in [-0.4, -0.2) is 78.4 Å². The number of piperazine rings is 1. The predicted octanol–water partition coefficient (Wildman–Crippen LogP) is 2.52. The molecule has 1 N–H and O–H groups in total. The highest BCUT2D eigenvalue weighted by Crippen LogP contribution is 2.25. The summed E-state index contributed by atoms with van der Waals surface area (Å²) in [5.41, 5.74) is 3.71. The van der Waals surface area contributed by atoms with Crippen LogP contribution >= 0.6 is 0 Å². The monoisotopic (exact) mass is 412 g/mol. The van der Waals surface area contributed by atoms with Gasteiger partial charge < -0.3 is 10.2 Å². The molecule has 2 amide bonds. The molecule has 0 aromatic heterocycles. The quantitative estimate of drug-likeness (QED) is 0.808. The number of benzene rings is 1. The first-order valence-corrected chi connectivity index (χ1v) is 11.8. The van der Waals surface area contributed by atoms with E-state index in [0.717, 1.165) is 70.6 Å². The second-order valence-electron chi connectivity index (χ2n) is 9.11. The van der Waals surface area contributed by atoms with Crippen LogP contribution in [0.3, 0.4) is 0 Å². The molecule has 4 rings (SSSR count). The van der Waals surface area contributed by atoms with Crippen LogP contribution in [-0.2, 0) is 22.4 Å². The van der Waals surface area contributed by atoms with Gasteiger partial charge in [-0.25, -0.2) is 0 Å². The fraction of sp³-hybridized carbons (Fsp3) is 0.667. The fourth-order valence-electron chi connectivity index (χ4n) is 4.98. The van der Waals surface area contributed by atoms with Gasteiger partial charge in [-0.1, -0.05) is 18.9 Å². The Labute approximate surface area is 180 Å². The minimum atomic E-state index is -0.165. The van der Waals surface area contributed by atoms with Crippen molar-refractivity contribution in [2.24, 2.45) is 0 Å². The van der Waals surface area contributed by atoms with E-state index in [-0.39, 0.29) is 17.9 Å². The van der Waals surface area contributed by atoms with Crippen molar-refractivity contribution >= 4 is 17.5 Å². The van der Waals surface area contributed by atoms with Crippen molar-refractivity contribution in [3.63, 3.8) is 0 Å². The van der Waals surface area contributed by atoms with Crippen LogP contribution in [0.2, 0.25) is 0 Å². The third-order valence-corrected chi connectivity index (χ3v) is 7.02. The molecule has 1 aliphatic carbocycles. The summed E-state index contributed by atoms with van der Waals surface area (Å²) in [6, 6.07) is 6.16. The largest absolute Gasteiger partial charge is 0.342 e. The van der Waals surface area contributed by atoms with Crippen LogP contribution in [0.4, 0.5) is 5.69 Å². The molecule has 1 aromatic carbocycles. The van der Waals surface area contributed by atoms with E-state index in [9.17, 15) is 9.59 Å². The molecular formula is C24H36N4O2. The lowest BCUT2D eigenvalue weighted by molar-refractivity contribution is -0.133. The van der Waals surface area contributed by atoms with Gasteiger partial charge in [-0.15, -0.1) is 0 Å². The first-order valence-electron chi connectivity index (χ1n) is 11.8. The zero-order chi connectivity index (χ0) is 20.9. The summed E-state index contributed by atoms with van der Waals surface area (Å²) in [6.45, 7) is 7.67. The Morgan fingerprint density at radius 2 is 1.60 bits per heavy atom. The number of fused-ring (bicyclic) bond motifs is 1. The lowest BCUT2D eigenvalue weighted by Gasteiger charge is -2.37. The summed E-state index contributed by atoms with van der Waals surface area (Å²) in [5, 5.41) is 3.11. The van der Waals surface area contributed by atoms with Crippen molar-refractivity contribution in [2.75, 3.05) is 51.1 Å². The number of aryl methyl sites for hydroxylation is 2. The van der Waals surface area contributed by atoms with Crippen molar-refractivity contribution in [3.05, 3.63) is 29.3 Å². The van der Waals surface area contributed by atoms with Crippen LogP contribution in [0.5, 0.6) is 0 Å². The summed E-state index contributed by atoms with van der Waals surface area (Å²) in [7, 11) is 0. The number of nitrogens with zero attached hydrogens (tertiary/aromatic N) is 3. The highest BCUT2D eigenvalue weighted by Gasteiger charge is 2.27. The molecular weight excluding hydrogens is 376 g/mol. The SMILES string of the molecule is CC(C(=O)Nc1ccc2c(c1)CCC2)N1CCN(CC(=O)N2CCCCCC2)CC1. The zero-order valence-corrected chi connectivity index (χ0v) is 18.4. The Balaban J connectivity index is 1.23. The normalized spacial score (nSPS) is 21.7. The molecule has 2 heterocycles. The number of rotatable bonds is 5. The lowest BCUT2D eigenvalue weighted by atomic mass is 10.1. The van der Waals surface area contributed by atoms with Crippen molar-refractivity contribution in [3.8, 4) is 0 Å². The molecule has 3 aliphatic rings. The summed E-state index contributed by atoms with van der Waals surface area (Å²) in [6.07, 6.45) is 8.25. The molecule has 2 aliphatic heterocycles. The van der Waals surface area contributed by atoms with E-state index >= 15 is 0 Å². The maximum atomic E-state index is 12.8. The van der Waals surface area contributed by atoms with E-state index in [4.69, 9.17) is 0 Å². The molecule has 0 saturated carbocycles. The van der Waals surface area contributed by atoms with Crippen molar-refractivity contribution < 1.29 is 9.59 Å². The molecule has 6 heteroatoms. The van der Waals surface area contributed by atoms with Gasteiger partial charge in [-0.3, -0.25) is 19.4 Å². The molecule has 2 saturated heterocycles. The van der Waals surface area contributed by atoms with Gasteiger partial charge in [0.2, 0.25) is 11.8 Å². The Morgan fingerprint density at radius 1 is 0.900 bits per heavy atom. The first-order chi connectivity index (χ1) is 14.6. The van der Waals surface area contributed by atoms with Gasteiger partial charge in [-0.2, -0.15) is 0 Å². The molecule has 2 fully saturated rings. The van der Waals surface area contributed by atoms with Crippen LogP contribution < -0.4 is 5.32 Å². The smallest absolute Gasteiger partial charge is 0.241 e. The van der Waals surface area contributed by atoms with Crippen LogP contribution in [0.15, 0.2) is 18.2 Å². The number of carbonyl (C=O) groups is 2. The Morgan fingerprint density at radius 3 is 2.33 bits per heavy atom. The standard InChI is InChI=1S/C24H36N4O2/c1-19(24(30)25-22-10-9-20-7-6-8-21(20)17-22)27-15-13-26(14-16-27)18-23(29)28-11-4-2-3-5-12-28/h9-10,17,19H,2-8,11-16,18H2,1H3,(H,25,30). The first kappa shape index (κ1) is 21.3. The van der Waals surface area contributed by atoms with E-state index in [2.05, 4.69) is 27.2 Å². The minimum Gasteiger partial charge on any atom is -0.342 e. The molecule has 6 nitrogen and oxygen atoms in total. The highest BCUT2D eigenvalue weighted by molar-refractivity contribution is 5.94. The van der Waals surface area contributed by atoms with Crippen LogP contribution in [0, 0.1) is 0 Å². The predicted molar refractivity (Wildman–Crippen MR) is 120 cm³/mol. The summed E-state index contributed by atoms with van der Waals surface area (Å²) in [4.78, 5) is 31.9. The van der Waals surface area contributed by atoms with Crippen molar-refractivity contribution in [1.29, 1.82) is 0 Å². The maximum absolute atomic E-state index is 12.8. The number of nitrogens with one attached hydrogen (secondary N) is 1. The fourth-order valence-corrected chi connectivity index (χ4v) is 4.98. The second kappa shape index (κ2) is 9.92. The number of amides is 2. The summed E-state index contributed by atoms with van der Waals surface area (Å²) >= 11 is 0. The highest BCUT2D eigenvalue weighted by atomic mass is 16.2. The van der Waals surface area contributed by atoms with Crippen molar-refractivity contribution in [1.82, 2.24) is 14.7 Å². The minimum absolute atomic E-state index is 0.0574. The number of likely N-dealkylation sites (tertiary alicyclic amines) is 1. The third-order valence-electron chi connectivity index (χ3n) is 7.02. The van der Waals surface area contributed by atoms with Gasteiger partial charge in [0.25, 0.3) is 0 Å². The van der Waals surface area contributed by atoms with E-state index in [1.165, 1.54) is 30.4 Å². The van der Waals surface area contributed by atoms with E-state index in [0.29, 0.717) is 6.54 Å². The van der Waals surface area contributed by atoms with E-state index < -0.39 is 0 Å². The van der Waals surface area contributed by atoms with Crippen LogP contribution in [0.1, 0.15) is 50.2 Å². The Hall–Kier alpha value is -1.92. The second-order valence-corrected chi connectivity index (χ2v) is 9.11. The van der Waals surface area contributed by atoms with Crippen LogP contribution in [0.25, 0.3) is 0 Å². The summed E-state index contributed by atoms with van der Waals surface area (Å²) < 4.78 is 0. The van der Waals surface area contributed by atoms with Gasteiger partial charge in [0.05, 0.1) is 12.6 Å². The molecule has 0 radical (unpaired) electrons. The topological polar surface area (TPSA) is 55.9 Å². The lowest BCUT2D eigenvalue weighted by Crippen LogP contribution is -2.54. The van der Waals surface area contributed by atoms with E-state index in [1.807, 2.05) is 17.9 Å². The molecule has 1 atom stereocenters. The van der Waals surface area contributed by atoms with E-state index in [1.54, 1.807) is 0 Å².